The van der Waals surface area contributed by atoms with E-state index in [4.69, 9.17) is 9.84 Å². The molecule has 0 heterocycles. The minimum Gasteiger partial charge on any atom is -0.481 e. The van der Waals surface area contributed by atoms with E-state index in [9.17, 15) is 9.59 Å². The summed E-state index contributed by atoms with van der Waals surface area (Å²) in [7, 11) is 0. The van der Waals surface area contributed by atoms with Gasteiger partial charge in [0.1, 0.15) is 12.7 Å². The molecule has 2 N–H and O–H groups in total. The van der Waals surface area contributed by atoms with Gasteiger partial charge in [-0.1, -0.05) is 60.7 Å². The molecular formula is C20H21NO4. The summed E-state index contributed by atoms with van der Waals surface area (Å²) >= 11 is 0. The second-order valence-electron chi connectivity index (χ2n) is 6.28. The predicted molar refractivity (Wildman–Crippen MR) is 93.0 cm³/mol. The third-order valence-electron chi connectivity index (χ3n) is 4.44. The fraction of sp³-hybridized carbons (Fsp3) is 0.300. The van der Waals surface area contributed by atoms with Gasteiger partial charge >= 0.3 is 5.97 Å². The molecule has 0 saturated heterocycles. The van der Waals surface area contributed by atoms with Crippen molar-refractivity contribution in [2.24, 2.45) is 5.92 Å². The van der Waals surface area contributed by atoms with Gasteiger partial charge in [0, 0.05) is 6.04 Å². The predicted octanol–water partition coefficient (Wildman–Crippen LogP) is 2.77. The number of amides is 1. The van der Waals surface area contributed by atoms with Crippen LogP contribution in [0.1, 0.15) is 30.1 Å². The molecule has 1 aliphatic carbocycles. The Kier molecular flexibility index (Phi) is 5.46. The first-order valence-electron chi connectivity index (χ1n) is 8.37. The maximum absolute atomic E-state index is 12.1. The zero-order valence-corrected chi connectivity index (χ0v) is 13.8. The minimum atomic E-state index is -0.796. The SMILES string of the molecule is O=C(COC(c1ccccc1)c1ccccc1)NC1CC(C(=O)O)C1. The van der Waals surface area contributed by atoms with Crippen LogP contribution in [0.5, 0.6) is 0 Å². The summed E-state index contributed by atoms with van der Waals surface area (Å²) in [6.07, 6.45) is 0.658. The lowest BCUT2D eigenvalue weighted by molar-refractivity contribution is -0.146. The molecule has 1 amide bonds. The molecule has 0 radical (unpaired) electrons. The van der Waals surface area contributed by atoms with E-state index in [1.54, 1.807) is 0 Å². The highest BCUT2D eigenvalue weighted by atomic mass is 16.5. The van der Waals surface area contributed by atoms with Gasteiger partial charge in [-0.05, 0) is 24.0 Å². The minimum absolute atomic E-state index is 0.0656. The summed E-state index contributed by atoms with van der Waals surface area (Å²) < 4.78 is 5.89. The summed E-state index contributed by atoms with van der Waals surface area (Å²) in [6, 6.07) is 19.5. The van der Waals surface area contributed by atoms with Gasteiger partial charge in [-0.2, -0.15) is 0 Å². The topological polar surface area (TPSA) is 75.6 Å². The highest BCUT2D eigenvalue weighted by Crippen LogP contribution is 2.28. The van der Waals surface area contributed by atoms with E-state index in [1.165, 1.54) is 0 Å². The zero-order valence-electron chi connectivity index (χ0n) is 13.8. The van der Waals surface area contributed by atoms with Crippen molar-refractivity contribution in [2.75, 3.05) is 6.61 Å². The first-order valence-corrected chi connectivity index (χ1v) is 8.37. The van der Waals surface area contributed by atoms with Crippen molar-refractivity contribution < 1.29 is 19.4 Å². The highest BCUT2D eigenvalue weighted by molar-refractivity contribution is 5.78. The Morgan fingerprint density at radius 3 is 2.00 bits per heavy atom. The van der Waals surface area contributed by atoms with E-state index < -0.39 is 5.97 Å². The lowest BCUT2D eigenvalue weighted by Crippen LogP contribution is -2.47. The van der Waals surface area contributed by atoms with Crippen LogP contribution < -0.4 is 5.32 Å². The highest BCUT2D eigenvalue weighted by Gasteiger charge is 2.35. The molecule has 0 bridgehead atoms. The van der Waals surface area contributed by atoms with E-state index in [-0.39, 0.29) is 30.6 Å². The number of hydrogen-bond acceptors (Lipinski definition) is 3. The van der Waals surface area contributed by atoms with Crippen molar-refractivity contribution in [3.05, 3.63) is 71.8 Å². The number of benzene rings is 2. The number of carboxylic acid groups (broad SMARTS) is 1. The Balaban J connectivity index is 1.58. The largest absolute Gasteiger partial charge is 0.481 e. The molecule has 5 nitrogen and oxygen atoms in total. The van der Waals surface area contributed by atoms with E-state index >= 15 is 0 Å². The number of carbonyl (C=O) groups excluding carboxylic acids is 1. The van der Waals surface area contributed by atoms with Gasteiger partial charge in [-0.15, -0.1) is 0 Å². The number of carboxylic acids is 1. The molecule has 0 aliphatic heterocycles. The molecule has 0 unspecified atom stereocenters. The van der Waals surface area contributed by atoms with Crippen LogP contribution in [0.15, 0.2) is 60.7 Å². The Morgan fingerprint density at radius 2 is 1.52 bits per heavy atom. The maximum atomic E-state index is 12.1. The van der Waals surface area contributed by atoms with Crippen molar-refractivity contribution >= 4 is 11.9 Å². The van der Waals surface area contributed by atoms with Gasteiger partial charge in [0.25, 0.3) is 0 Å². The van der Waals surface area contributed by atoms with Crippen molar-refractivity contribution in [2.45, 2.75) is 25.0 Å². The second-order valence-corrected chi connectivity index (χ2v) is 6.28. The van der Waals surface area contributed by atoms with E-state index in [0.717, 1.165) is 11.1 Å². The van der Waals surface area contributed by atoms with Crippen LogP contribution in [0.4, 0.5) is 0 Å². The molecular weight excluding hydrogens is 318 g/mol. The normalized spacial score (nSPS) is 19.2. The number of carbonyl (C=O) groups is 2. The Hall–Kier alpha value is -2.66. The van der Waals surface area contributed by atoms with Crippen LogP contribution in [-0.4, -0.2) is 29.6 Å². The molecule has 5 heteroatoms. The number of aliphatic carboxylic acids is 1. The summed E-state index contributed by atoms with van der Waals surface area (Å²) in [4.78, 5) is 22.9. The van der Waals surface area contributed by atoms with Gasteiger partial charge in [0.15, 0.2) is 0 Å². The lowest BCUT2D eigenvalue weighted by atomic mass is 9.80. The molecule has 0 atom stereocenters. The molecule has 130 valence electrons. The average Bonchev–Trinajstić information content (AvgIpc) is 2.59. The third kappa shape index (κ3) is 4.45. The van der Waals surface area contributed by atoms with Crippen molar-refractivity contribution in [3.63, 3.8) is 0 Å². The molecule has 2 aromatic rings. The van der Waals surface area contributed by atoms with Gasteiger partial charge < -0.3 is 15.2 Å². The Bertz CT molecular complexity index is 671. The van der Waals surface area contributed by atoms with E-state index in [2.05, 4.69) is 5.32 Å². The molecule has 1 saturated carbocycles. The fourth-order valence-electron chi connectivity index (χ4n) is 3.01. The van der Waals surface area contributed by atoms with Crippen molar-refractivity contribution in [1.29, 1.82) is 0 Å². The van der Waals surface area contributed by atoms with Crippen LogP contribution in [0, 0.1) is 5.92 Å². The third-order valence-corrected chi connectivity index (χ3v) is 4.44. The number of hydrogen-bond donors (Lipinski definition) is 2. The molecule has 3 rings (SSSR count). The molecule has 2 aromatic carbocycles. The first kappa shape index (κ1) is 17.2. The van der Waals surface area contributed by atoms with Gasteiger partial charge in [-0.3, -0.25) is 9.59 Å². The number of rotatable bonds is 7. The van der Waals surface area contributed by atoms with Crippen LogP contribution in [0.25, 0.3) is 0 Å². The van der Waals surface area contributed by atoms with Gasteiger partial charge in [0.05, 0.1) is 5.92 Å². The van der Waals surface area contributed by atoms with E-state index in [0.29, 0.717) is 12.8 Å². The Morgan fingerprint density at radius 1 is 1.00 bits per heavy atom. The van der Waals surface area contributed by atoms with Crippen LogP contribution in [0.2, 0.25) is 0 Å². The smallest absolute Gasteiger partial charge is 0.306 e. The van der Waals surface area contributed by atoms with Crippen molar-refractivity contribution in [1.82, 2.24) is 5.32 Å². The molecule has 25 heavy (non-hydrogen) atoms. The Labute approximate surface area is 146 Å². The fourth-order valence-corrected chi connectivity index (χ4v) is 3.01. The molecule has 1 aliphatic rings. The van der Waals surface area contributed by atoms with Crippen LogP contribution in [-0.2, 0) is 14.3 Å². The van der Waals surface area contributed by atoms with Crippen LogP contribution >= 0.6 is 0 Å². The summed E-state index contributed by atoms with van der Waals surface area (Å²) in [5, 5.41) is 11.7. The molecule has 1 fully saturated rings. The maximum Gasteiger partial charge on any atom is 0.306 e. The molecule has 0 aromatic heterocycles. The number of ether oxygens (including phenoxy) is 1. The summed E-state index contributed by atoms with van der Waals surface area (Å²) in [6.45, 7) is -0.0668. The molecule has 0 spiro atoms. The number of nitrogens with one attached hydrogen (secondary N) is 1. The standard InChI is InChI=1S/C20H21NO4/c22-18(21-17-11-16(12-17)20(23)24)13-25-19(14-7-3-1-4-8-14)15-9-5-2-6-10-15/h1-10,16-17,19H,11-13H2,(H,21,22)(H,23,24). The zero-order chi connectivity index (χ0) is 17.6. The average molecular weight is 339 g/mol. The van der Waals surface area contributed by atoms with Crippen molar-refractivity contribution in [3.8, 4) is 0 Å². The van der Waals surface area contributed by atoms with Gasteiger partial charge in [0.2, 0.25) is 5.91 Å². The first-order chi connectivity index (χ1) is 12.1. The monoisotopic (exact) mass is 339 g/mol. The summed E-state index contributed by atoms with van der Waals surface area (Å²) in [5.74, 6) is -1.35. The van der Waals surface area contributed by atoms with Crippen LogP contribution in [0.3, 0.4) is 0 Å². The second kappa shape index (κ2) is 7.94. The lowest BCUT2D eigenvalue weighted by Gasteiger charge is -2.33. The van der Waals surface area contributed by atoms with E-state index in [1.807, 2.05) is 60.7 Å². The summed E-state index contributed by atoms with van der Waals surface area (Å²) in [5.41, 5.74) is 1.96. The van der Waals surface area contributed by atoms with Gasteiger partial charge in [-0.25, -0.2) is 0 Å². The quantitative estimate of drug-likeness (QED) is 0.813.